The molecule has 2 aromatic heterocycles. The van der Waals surface area contributed by atoms with Crippen molar-refractivity contribution in [3.05, 3.63) is 41.2 Å². The lowest BCUT2D eigenvalue weighted by Gasteiger charge is -2.12. The molecule has 1 aromatic carbocycles. The summed E-state index contributed by atoms with van der Waals surface area (Å²) in [5.74, 6) is 2.13. The minimum atomic E-state index is 0.256. The van der Waals surface area contributed by atoms with E-state index >= 15 is 0 Å². The summed E-state index contributed by atoms with van der Waals surface area (Å²) in [6.45, 7) is 4.17. The molecule has 0 radical (unpaired) electrons. The second kappa shape index (κ2) is 9.01. The van der Waals surface area contributed by atoms with Crippen molar-refractivity contribution in [1.29, 1.82) is 0 Å². The van der Waals surface area contributed by atoms with E-state index in [4.69, 9.17) is 11.6 Å². The van der Waals surface area contributed by atoms with Crippen LogP contribution < -0.4 is 10.6 Å². The quantitative estimate of drug-likeness (QED) is 0.549. The van der Waals surface area contributed by atoms with Crippen LogP contribution in [0.1, 0.15) is 25.8 Å². The number of halogens is 1. The monoisotopic (exact) mass is 404 g/mol. The van der Waals surface area contributed by atoms with E-state index in [9.17, 15) is 0 Å². The van der Waals surface area contributed by atoms with Gasteiger partial charge in [-0.25, -0.2) is 4.98 Å². The summed E-state index contributed by atoms with van der Waals surface area (Å²) in [6.07, 6.45) is 2.57. The fourth-order valence-electron chi connectivity index (χ4n) is 2.10. The van der Waals surface area contributed by atoms with Crippen LogP contribution in [-0.2, 0) is 5.75 Å². The Morgan fingerprint density at radius 1 is 1.15 bits per heavy atom. The smallest absolute Gasteiger partial charge is 0.258 e. The molecule has 10 heteroatoms. The molecule has 0 saturated carbocycles. The molecule has 3 aromatic rings. The molecule has 27 heavy (non-hydrogen) atoms. The van der Waals surface area contributed by atoms with Crippen LogP contribution in [0.25, 0.3) is 5.95 Å². The van der Waals surface area contributed by atoms with Gasteiger partial charge in [0.1, 0.15) is 6.33 Å². The van der Waals surface area contributed by atoms with Gasteiger partial charge in [0, 0.05) is 23.9 Å². The van der Waals surface area contributed by atoms with Crippen molar-refractivity contribution in [3.63, 3.8) is 0 Å². The van der Waals surface area contributed by atoms with Crippen LogP contribution >= 0.6 is 23.4 Å². The zero-order valence-corrected chi connectivity index (χ0v) is 16.9. The molecule has 2 heterocycles. The van der Waals surface area contributed by atoms with Gasteiger partial charge in [-0.1, -0.05) is 42.4 Å². The van der Waals surface area contributed by atoms with Gasteiger partial charge in [-0.05, 0) is 31.0 Å². The second-order valence-corrected chi connectivity index (χ2v) is 7.25. The Balaban J connectivity index is 1.74. The maximum absolute atomic E-state index is 5.91. The van der Waals surface area contributed by atoms with Gasteiger partial charge in [-0.2, -0.15) is 19.6 Å². The first-order valence-corrected chi connectivity index (χ1v) is 9.93. The molecule has 1 atom stereocenters. The lowest BCUT2D eigenvalue weighted by atomic mass is 10.2. The highest BCUT2D eigenvalue weighted by molar-refractivity contribution is 7.98. The molecule has 2 N–H and O–H groups in total. The van der Waals surface area contributed by atoms with Gasteiger partial charge >= 0.3 is 0 Å². The highest BCUT2D eigenvalue weighted by Crippen LogP contribution is 2.21. The van der Waals surface area contributed by atoms with Crippen molar-refractivity contribution in [3.8, 4) is 5.95 Å². The van der Waals surface area contributed by atoms with Crippen molar-refractivity contribution >= 4 is 35.3 Å². The van der Waals surface area contributed by atoms with Crippen molar-refractivity contribution in [2.24, 2.45) is 0 Å². The van der Waals surface area contributed by atoms with Gasteiger partial charge in [0.15, 0.2) is 0 Å². The van der Waals surface area contributed by atoms with Crippen LogP contribution in [0.3, 0.4) is 0 Å². The fourth-order valence-corrected chi connectivity index (χ4v) is 2.99. The Morgan fingerprint density at radius 2 is 1.89 bits per heavy atom. The van der Waals surface area contributed by atoms with E-state index in [1.807, 2.05) is 24.3 Å². The molecule has 0 fully saturated rings. The summed E-state index contributed by atoms with van der Waals surface area (Å²) < 4.78 is 1.55. The number of aromatic nitrogens is 6. The SMILES string of the molecule is CC[C@H](C)Nc1nc(NC)nc(-n2cnc(SCc3ccc(Cl)cc3)n2)n1. The molecular formula is C17H21ClN8S. The summed E-state index contributed by atoms with van der Waals surface area (Å²) in [7, 11) is 1.76. The molecule has 8 nitrogen and oxygen atoms in total. The Labute approximate surface area is 167 Å². The van der Waals surface area contributed by atoms with E-state index < -0.39 is 0 Å². The van der Waals surface area contributed by atoms with Gasteiger partial charge < -0.3 is 10.6 Å². The summed E-state index contributed by atoms with van der Waals surface area (Å²) in [4.78, 5) is 17.5. The lowest BCUT2D eigenvalue weighted by Crippen LogP contribution is -2.18. The summed E-state index contributed by atoms with van der Waals surface area (Å²) in [6, 6.07) is 7.99. The van der Waals surface area contributed by atoms with E-state index in [0.29, 0.717) is 23.0 Å². The Bertz CT molecular complexity index is 883. The van der Waals surface area contributed by atoms with Gasteiger partial charge in [0.2, 0.25) is 17.1 Å². The summed E-state index contributed by atoms with van der Waals surface area (Å²) in [5.41, 5.74) is 1.15. The van der Waals surface area contributed by atoms with Crippen LogP contribution in [0.2, 0.25) is 5.02 Å². The second-order valence-electron chi connectivity index (χ2n) is 5.87. The van der Waals surface area contributed by atoms with Crippen LogP contribution in [0.5, 0.6) is 0 Å². The van der Waals surface area contributed by atoms with Crippen molar-refractivity contribution in [2.45, 2.75) is 37.2 Å². The first-order chi connectivity index (χ1) is 13.1. The average Bonchev–Trinajstić information content (AvgIpc) is 3.16. The number of rotatable bonds is 8. The van der Waals surface area contributed by atoms with Gasteiger partial charge in [-0.15, -0.1) is 5.10 Å². The Morgan fingerprint density at radius 3 is 2.59 bits per heavy atom. The van der Waals surface area contributed by atoms with Crippen molar-refractivity contribution in [1.82, 2.24) is 29.7 Å². The van der Waals surface area contributed by atoms with Crippen molar-refractivity contribution in [2.75, 3.05) is 17.7 Å². The number of benzene rings is 1. The number of thioether (sulfide) groups is 1. The first kappa shape index (κ1) is 19.4. The highest BCUT2D eigenvalue weighted by Gasteiger charge is 2.11. The molecule has 0 aliphatic rings. The molecule has 0 spiro atoms. The van der Waals surface area contributed by atoms with Crippen LogP contribution in [0.15, 0.2) is 35.7 Å². The molecule has 0 aliphatic carbocycles. The largest absolute Gasteiger partial charge is 0.357 e. The molecule has 0 aliphatic heterocycles. The van der Waals surface area contributed by atoms with Gasteiger partial charge in [0.05, 0.1) is 0 Å². The third kappa shape index (κ3) is 5.30. The summed E-state index contributed by atoms with van der Waals surface area (Å²) in [5, 5.41) is 12.0. The maximum atomic E-state index is 5.91. The fraction of sp³-hybridized carbons (Fsp3) is 0.353. The maximum Gasteiger partial charge on any atom is 0.258 e. The third-order valence-corrected chi connectivity index (χ3v) is 4.97. The van der Waals surface area contributed by atoms with Crippen LogP contribution in [0.4, 0.5) is 11.9 Å². The third-order valence-electron chi connectivity index (χ3n) is 3.79. The number of hydrogen-bond acceptors (Lipinski definition) is 8. The summed E-state index contributed by atoms with van der Waals surface area (Å²) >= 11 is 7.45. The zero-order valence-electron chi connectivity index (χ0n) is 15.3. The Hall–Kier alpha value is -2.39. The van der Waals surface area contributed by atoms with E-state index in [0.717, 1.165) is 22.8 Å². The standard InChI is InChI=1S/C17H21ClN8S/c1-4-11(2)21-15-22-14(19-3)23-16(24-15)26-10-20-17(25-26)27-9-12-5-7-13(18)8-6-12/h5-8,10-11H,4,9H2,1-3H3,(H2,19,21,22,23,24)/t11-/m0/s1. The van der Waals surface area contributed by atoms with Crippen molar-refractivity contribution < 1.29 is 0 Å². The molecule has 0 saturated heterocycles. The number of hydrogen-bond donors (Lipinski definition) is 2. The topological polar surface area (TPSA) is 93.4 Å². The molecular weight excluding hydrogens is 384 g/mol. The minimum Gasteiger partial charge on any atom is -0.357 e. The molecule has 0 unspecified atom stereocenters. The van der Waals surface area contributed by atoms with E-state index in [2.05, 4.69) is 49.5 Å². The van der Waals surface area contributed by atoms with E-state index in [1.54, 1.807) is 18.1 Å². The first-order valence-electron chi connectivity index (χ1n) is 8.57. The predicted octanol–water partition coefficient (Wildman–Crippen LogP) is 3.65. The minimum absolute atomic E-state index is 0.256. The number of nitrogens with one attached hydrogen (secondary N) is 2. The predicted molar refractivity (Wildman–Crippen MR) is 109 cm³/mol. The number of nitrogens with zero attached hydrogens (tertiary/aromatic N) is 6. The Kier molecular flexibility index (Phi) is 6.46. The molecule has 3 rings (SSSR count). The number of anilines is 2. The highest BCUT2D eigenvalue weighted by atomic mass is 35.5. The lowest BCUT2D eigenvalue weighted by molar-refractivity contribution is 0.735. The molecule has 0 bridgehead atoms. The van der Waals surface area contributed by atoms with Gasteiger partial charge in [0.25, 0.3) is 5.95 Å². The average molecular weight is 405 g/mol. The van der Waals surface area contributed by atoms with Crippen LogP contribution in [0, 0.1) is 0 Å². The molecule has 142 valence electrons. The zero-order chi connectivity index (χ0) is 19.2. The molecule has 0 amide bonds. The van der Waals surface area contributed by atoms with E-state index in [1.165, 1.54) is 11.8 Å². The van der Waals surface area contributed by atoms with Crippen LogP contribution in [-0.4, -0.2) is 42.8 Å². The van der Waals surface area contributed by atoms with E-state index in [-0.39, 0.29) is 6.04 Å². The normalized spacial score (nSPS) is 12.0. The van der Waals surface area contributed by atoms with Gasteiger partial charge in [-0.3, -0.25) is 0 Å².